The minimum atomic E-state index is -4.83. The van der Waals surface area contributed by atoms with Crippen molar-refractivity contribution in [2.24, 2.45) is 5.92 Å². The molecule has 0 aliphatic rings. The van der Waals surface area contributed by atoms with Crippen molar-refractivity contribution >= 4 is 17.5 Å². The van der Waals surface area contributed by atoms with E-state index in [4.69, 9.17) is 0 Å². The first-order valence-electron chi connectivity index (χ1n) is 10.2. The molecule has 2 aromatic carbocycles. The smallest absolute Gasteiger partial charge is 0.406 e. The predicted molar refractivity (Wildman–Crippen MR) is 118 cm³/mol. The Morgan fingerprint density at radius 3 is 2.45 bits per heavy atom. The Morgan fingerprint density at radius 2 is 1.82 bits per heavy atom. The number of anilines is 3. The van der Waals surface area contributed by atoms with Gasteiger partial charge in [-0.3, -0.25) is 0 Å². The first-order valence-corrected chi connectivity index (χ1v) is 10.2. The number of ether oxygens (including phenoxy) is 1. The summed E-state index contributed by atoms with van der Waals surface area (Å²) in [6.45, 7) is 5.28. The molecule has 1 aromatic heterocycles. The molecule has 0 unspecified atom stereocenters. The van der Waals surface area contributed by atoms with E-state index in [2.05, 4.69) is 25.3 Å². The molecule has 0 radical (unpaired) electrons. The lowest BCUT2D eigenvalue weighted by Crippen LogP contribution is -2.30. The normalized spacial score (nSPS) is 12.5. The molecule has 0 bridgehead atoms. The Kier molecular flexibility index (Phi) is 7.37. The fraction of sp³-hybridized carbons (Fsp3) is 0.304. The molecule has 0 saturated heterocycles. The monoisotopic (exact) mass is 464 g/mol. The van der Waals surface area contributed by atoms with Crippen LogP contribution < -0.4 is 15.4 Å². The quantitative estimate of drug-likeness (QED) is 0.373. The molecule has 1 heterocycles. The maximum atomic E-state index is 14.0. The zero-order chi connectivity index (χ0) is 24.2. The van der Waals surface area contributed by atoms with Crippen molar-refractivity contribution < 1.29 is 27.4 Å². The van der Waals surface area contributed by atoms with Gasteiger partial charge >= 0.3 is 6.36 Å². The molecule has 3 aromatic rings. The van der Waals surface area contributed by atoms with Crippen molar-refractivity contribution in [3.63, 3.8) is 0 Å². The number of aryl methyl sites for hydroxylation is 1. The van der Waals surface area contributed by atoms with Crippen LogP contribution in [0, 0.1) is 18.7 Å². The third kappa shape index (κ3) is 6.79. The van der Waals surface area contributed by atoms with Crippen LogP contribution in [0.3, 0.4) is 0 Å². The van der Waals surface area contributed by atoms with Gasteiger partial charge in [-0.15, -0.1) is 13.2 Å². The summed E-state index contributed by atoms with van der Waals surface area (Å²) in [6.07, 6.45) is -4.83. The first kappa shape index (κ1) is 24.2. The lowest BCUT2D eigenvalue weighted by atomic mass is 10.1. The Morgan fingerprint density at radius 1 is 1.06 bits per heavy atom. The van der Waals surface area contributed by atoms with Crippen LogP contribution in [-0.4, -0.2) is 34.1 Å². The summed E-state index contributed by atoms with van der Waals surface area (Å²) in [5.41, 5.74) is 1.57. The third-order valence-electron chi connectivity index (χ3n) is 4.85. The predicted octanol–water partition coefficient (Wildman–Crippen LogP) is 5.66. The number of aromatic nitrogens is 2. The van der Waals surface area contributed by atoms with Crippen LogP contribution in [0.15, 0.2) is 48.5 Å². The standard InChI is InChI=1S/C23H24F4N4O2/c1-13(2)20(12-32)30-22-29-19(15-5-4-6-17(9-15)33-23(25,26)27)11-21(31-22)28-16-8-7-14(3)18(24)10-16/h4-11,13,20,32H,12H2,1-3H3,(H2,28,29,30,31)/t20-/m1/s1. The second-order valence-electron chi connectivity index (χ2n) is 7.80. The van der Waals surface area contributed by atoms with E-state index in [0.29, 0.717) is 22.5 Å². The van der Waals surface area contributed by atoms with Crippen LogP contribution in [-0.2, 0) is 0 Å². The lowest BCUT2D eigenvalue weighted by molar-refractivity contribution is -0.274. The highest BCUT2D eigenvalue weighted by Gasteiger charge is 2.31. The molecule has 0 aliphatic carbocycles. The maximum absolute atomic E-state index is 14.0. The number of nitrogens with one attached hydrogen (secondary N) is 2. The van der Waals surface area contributed by atoms with E-state index in [-0.39, 0.29) is 30.3 Å². The molecule has 10 heteroatoms. The van der Waals surface area contributed by atoms with Gasteiger partial charge in [-0.05, 0) is 42.7 Å². The molecular formula is C23H24F4N4O2. The van der Waals surface area contributed by atoms with Crippen molar-refractivity contribution in [2.75, 3.05) is 17.2 Å². The Hall–Kier alpha value is -3.40. The SMILES string of the molecule is Cc1ccc(Nc2cc(-c3cccc(OC(F)(F)F)c3)nc(N[C@H](CO)C(C)C)n2)cc1F. The molecule has 3 rings (SSSR count). The fourth-order valence-corrected chi connectivity index (χ4v) is 2.98. The van der Waals surface area contributed by atoms with Crippen LogP contribution in [0.1, 0.15) is 19.4 Å². The van der Waals surface area contributed by atoms with Gasteiger partial charge in [0.1, 0.15) is 17.4 Å². The van der Waals surface area contributed by atoms with Gasteiger partial charge in [0.25, 0.3) is 0 Å². The van der Waals surface area contributed by atoms with Crippen molar-refractivity contribution in [2.45, 2.75) is 33.2 Å². The zero-order valence-corrected chi connectivity index (χ0v) is 18.2. The third-order valence-corrected chi connectivity index (χ3v) is 4.85. The largest absolute Gasteiger partial charge is 0.573 e. The van der Waals surface area contributed by atoms with Gasteiger partial charge in [-0.25, -0.2) is 9.37 Å². The topological polar surface area (TPSA) is 79.3 Å². The van der Waals surface area contributed by atoms with Gasteiger partial charge in [-0.1, -0.05) is 32.0 Å². The molecule has 0 fully saturated rings. The molecular weight excluding hydrogens is 440 g/mol. The van der Waals surface area contributed by atoms with E-state index >= 15 is 0 Å². The summed E-state index contributed by atoms with van der Waals surface area (Å²) >= 11 is 0. The number of halogens is 4. The number of hydrogen-bond donors (Lipinski definition) is 3. The van der Waals surface area contributed by atoms with Crippen LogP contribution >= 0.6 is 0 Å². The second kappa shape index (κ2) is 10.0. The summed E-state index contributed by atoms with van der Waals surface area (Å²) in [5.74, 6) is -0.303. The summed E-state index contributed by atoms with van der Waals surface area (Å²) in [6, 6.07) is 11.2. The highest BCUT2D eigenvalue weighted by molar-refractivity contribution is 5.68. The second-order valence-corrected chi connectivity index (χ2v) is 7.80. The van der Waals surface area contributed by atoms with Gasteiger partial charge < -0.3 is 20.5 Å². The fourth-order valence-electron chi connectivity index (χ4n) is 2.98. The van der Waals surface area contributed by atoms with Crippen molar-refractivity contribution in [1.82, 2.24) is 9.97 Å². The minimum absolute atomic E-state index is 0.0494. The molecule has 0 saturated carbocycles. The molecule has 176 valence electrons. The van der Waals surface area contributed by atoms with Gasteiger partial charge in [0.2, 0.25) is 5.95 Å². The highest BCUT2D eigenvalue weighted by atomic mass is 19.4. The van der Waals surface area contributed by atoms with Gasteiger partial charge in [0, 0.05) is 17.3 Å². The van der Waals surface area contributed by atoms with Gasteiger partial charge in [0.15, 0.2) is 0 Å². The van der Waals surface area contributed by atoms with E-state index in [9.17, 15) is 22.7 Å². The van der Waals surface area contributed by atoms with Crippen LogP contribution in [0.2, 0.25) is 0 Å². The molecule has 0 spiro atoms. The Balaban J connectivity index is 2.01. The number of aliphatic hydroxyl groups excluding tert-OH is 1. The molecule has 3 N–H and O–H groups in total. The summed E-state index contributed by atoms with van der Waals surface area (Å²) in [7, 11) is 0. The number of hydrogen-bond acceptors (Lipinski definition) is 6. The van der Waals surface area contributed by atoms with Crippen molar-refractivity contribution in [3.8, 4) is 17.0 Å². The molecule has 6 nitrogen and oxygen atoms in total. The number of aliphatic hydroxyl groups is 1. The summed E-state index contributed by atoms with van der Waals surface area (Å²) in [5, 5.41) is 15.7. The van der Waals surface area contributed by atoms with E-state index in [1.54, 1.807) is 25.1 Å². The first-order chi connectivity index (χ1) is 15.5. The number of nitrogens with zero attached hydrogens (tertiary/aromatic N) is 2. The molecule has 33 heavy (non-hydrogen) atoms. The van der Waals surface area contributed by atoms with E-state index in [0.717, 1.165) is 0 Å². The van der Waals surface area contributed by atoms with E-state index < -0.39 is 17.9 Å². The van der Waals surface area contributed by atoms with Crippen molar-refractivity contribution in [3.05, 3.63) is 59.9 Å². The lowest BCUT2D eigenvalue weighted by Gasteiger charge is -2.21. The maximum Gasteiger partial charge on any atom is 0.573 e. The number of benzene rings is 2. The number of alkyl halides is 3. The average molecular weight is 464 g/mol. The van der Waals surface area contributed by atoms with Gasteiger partial charge in [-0.2, -0.15) is 4.98 Å². The zero-order valence-electron chi connectivity index (χ0n) is 18.2. The molecule has 0 aliphatic heterocycles. The average Bonchev–Trinajstić information content (AvgIpc) is 2.73. The van der Waals surface area contributed by atoms with Crippen LogP contribution in [0.4, 0.5) is 35.0 Å². The van der Waals surface area contributed by atoms with Gasteiger partial charge in [0.05, 0.1) is 18.3 Å². The van der Waals surface area contributed by atoms with Crippen molar-refractivity contribution in [1.29, 1.82) is 0 Å². The van der Waals surface area contributed by atoms with E-state index in [1.807, 2.05) is 13.8 Å². The minimum Gasteiger partial charge on any atom is -0.406 e. The van der Waals surface area contributed by atoms with Crippen LogP contribution in [0.5, 0.6) is 5.75 Å². The Bertz CT molecular complexity index is 1110. The molecule has 0 amide bonds. The Labute approximate surface area is 188 Å². The van der Waals surface area contributed by atoms with E-state index in [1.165, 1.54) is 30.3 Å². The number of rotatable bonds is 8. The molecule has 1 atom stereocenters. The summed E-state index contributed by atoms with van der Waals surface area (Å²) < 4.78 is 55.9. The highest BCUT2D eigenvalue weighted by Crippen LogP contribution is 2.29. The van der Waals surface area contributed by atoms with Crippen LogP contribution in [0.25, 0.3) is 11.3 Å². The summed E-state index contributed by atoms with van der Waals surface area (Å²) in [4.78, 5) is 8.78.